The zero-order valence-electron chi connectivity index (χ0n) is 19.3. The molecule has 174 valence electrons. The number of aryl methyl sites for hydroxylation is 2. The second-order valence-corrected chi connectivity index (χ2v) is 7.86. The van der Waals surface area contributed by atoms with Gasteiger partial charge in [-0.15, -0.1) is 0 Å². The van der Waals surface area contributed by atoms with Gasteiger partial charge in [0.15, 0.2) is 0 Å². The number of hydrogen-bond donors (Lipinski definition) is 2. The van der Waals surface area contributed by atoms with E-state index in [1.165, 1.54) is 16.7 Å². The van der Waals surface area contributed by atoms with E-state index >= 15 is 0 Å². The number of ether oxygens (including phenoxy) is 2. The Labute approximate surface area is 191 Å². The fourth-order valence-corrected chi connectivity index (χ4v) is 3.13. The summed E-state index contributed by atoms with van der Waals surface area (Å²) in [5.74, 6) is 0.864. The van der Waals surface area contributed by atoms with Gasteiger partial charge in [0, 0.05) is 26.6 Å². The SMILES string of the molecule is CNC(=O)COCCCc1ccc(CCNC(=O)CCCCOc2ccc(C)cc2)cc1. The van der Waals surface area contributed by atoms with Gasteiger partial charge >= 0.3 is 0 Å². The molecule has 32 heavy (non-hydrogen) atoms. The number of carbonyl (C=O) groups is 2. The van der Waals surface area contributed by atoms with E-state index in [0.717, 1.165) is 37.9 Å². The molecule has 0 atom stereocenters. The van der Waals surface area contributed by atoms with Gasteiger partial charge in [0.2, 0.25) is 11.8 Å². The van der Waals surface area contributed by atoms with Crippen molar-refractivity contribution in [3.05, 3.63) is 65.2 Å². The first-order valence-electron chi connectivity index (χ1n) is 11.4. The normalized spacial score (nSPS) is 10.6. The Morgan fingerprint density at radius 2 is 1.50 bits per heavy atom. The number of likely N-dealkylation sites (N-methyl/N-ethyl adjacent to an activating group) is 1. The Bertz CT molecular complexity index is 804. The maximum atomic E-state index is 12.0. The largest absolute Gasteiger partial charge is 0.494 e. The number of amides is 2. The molecule has 0 saturated carbocycles. The van der Waals surface area contributed by atoms with Gasteiger partial charge in [0.1, 0.15) is 12.4 Å². The molecule has 2 aromatic rings. The molecule has 6 heteroatoms. The van der Waals surface area contributed by atoms with Crippen molar-refractivity contribution in [1.82, 2.24) is 10.6 Å². The molecule has 2 amide bonds. The van der Waals surface area contributed by atoms with E-state index in [1.54, 1.807) is 7.05 Å². The Kier molecular flexibility index (Phi) is 11.9. The zero-order valence-corrected chi connectivity index (χ0v) is 19.3. The van der Waals surface area contributed by atoms with Crippen molar-refractivity contribution in [2.45, 2.75) is 45.4 Å². The summed E-state index contributed by atoms with van der Waals surface area (Å²) in [6.07, 6.45) is 4.82. The number of hydrogen-bond acceptors (Lipinski definition) is 4. The number of benzene rings is 2. The Morgan fingerprint density at radius 3 is 2.19 bits per heavy atom. The molecule has 0 unspecified atom stereocenters. The van der Waals surface area contributed by atoms with Crippen LogP contribution >= 0.6 is 0 Å². The fourth-order valence-electron chi connectivity index (χ4n) is 3.13. The monoisotopic (exact) mass is 440 g/mol. The number of nitrogens with one attached hydrogen (secondary N) is 2. The smallest absolute Gasteiger partial charge is 0.245 e. The van der Waals surface area contributed by atoms with Gasteiger partial charge in [-0.3, -0.25) is 9.59 Å². The van der Waals surface area contributed by atoms with Crippen molar-refractivity contribution in [2.75, 3.05) is 33.4 Å². The Balaban J connectivity index is 1.50. The summed E-state index contributed by atoms with van der Waals surface area (Å²) >= 11 is 0. The highest BCUT2D eigenvalue weighted by Gasteiger charge is 2.03. The van der Waals surface area contributed by atoms with Gasteiger partial charge in [-0.1, -0.05) is 42.0 Å². The predicted molar refractivity (Wildman–Crippen MR) is 127 cm³/mol. The topological polar surface area (TPSA) is 76.7 Å². The van der Waals surface area contributed by atoms with Crippen LogP contribution in [0, 0.1) is 6.92 Å². The first kappa shape index (κ1) is 25.4. The van der Waals surface area contributed by atoms with E-state index in [4.69, 9.17) is 9.47 Å². The summed E-state index contributed by atoms with van der Waals surface area (Å²) in [5, 5.41) is 5.52. The third-order valence-electron chi connectivity index (χ3n) is 5.11. The number of unbranched alkanes of at least 4 members (excludes halogenated alkanes) is 1. The molecule has 0 radical (unpaired) electrons. The van der Waals surface area contributed by atoms with Gasteiger partial charge in [0.25, 0.3) is 0 Å². The number of carbonyl (C=O) groups excluding carboxylic acids is 2. The molecule has 0 heterocycles. The van der Waals surface area contributed by atoms with Crippen molar-refractivity contribution in [3.63, 3.8) is 0 Å². The van der Waals surface area contributed by atoms with Gasteiger partial charge in [0.05, 0.1) is 6.61 Å². The summed E-state index contributed by atoms with van der Waals surface area (Å²) in [4.78, 5) is 23.1. The molecule has 0 bridgehead atoms. The van der Waals surface area contributed by atoms with Crippen molar-refractivity contribution in [3.8, 4) is 5.75 Å². The maximum Gasteiger partial charge on any atom is 0.245 e. The summed E-state index contributed by atoms with van der Waals surface area (Å²) in [5.41, 5.74) is 3.66. The van der Waals surface area contributed by atoms with E-state index in [2.05, 4.69) is 41.8 Å². The summed E-state index contributed by atoms with van der Waals surface area (Å²) in [6.45, 7) is 4.00. The summed E-state index contributed by atoms with van der Waals surface area (Å²) in [7, 11) is 1.60. The molecule has 0 aliphatic carbocycles. The van der Waals surface area contributed by atoms with Crippen LogP contribution in [-0.2, 0) is 27.2 Å². The lowest BCUT2D eigenvalue weighted by Gasteiger charge is -2.08. The van der Waals surface area contributed by atoms with E-state index in [9.17, 15) is 9.59 Å². The van der Waals surface area contributed by atoms with Crippen LogP contribution in [0.4, 0.5) is 0 Å². The van der Waals surface area contributed by atoms with Gasteiger partial charge in [-0.2, -0.15) is 0 Å². The molecule has 0 aliphatic heterocycles. The summed E-state index contributed by atoms with van der Waals surface area (Å²) in [6, 6.07) is 16.4. The standard InChI is InChI=1S/C26H36N2O4/c1-21-8-14-24(15-9-21)32-19-4-3-7-25(29)28-17-16-23-12-10-22(11-13-23)6-5-18-31-20-26(30)27-2/h8-15H,3-7,16-20H2,1-2H3,(H,27,30)(H,28,29). The molecule has 2 aromatic carbocycles. The van der Waals surface area contributed by atoms with Gasteiger partial charge in [-0.25, -0.2) is 0 Å². The molecular weight excluding hydrogens is 404 g/mol. The Hall–Kier alpha value is -2.86. The second kappa shape index (κ2) is 15.0. The first-order valence-corrected chi connectivity index (χ1v) is 11.4. The molecule has 0 aromatic heterocycles. The Morgan fingerprint density at radius 1 is 0.812 bits per heavy atom. The molecular formula is C26H36N2O4. The van der Waals surface area contributed by atoms with Gasteiger partial charge < -0.3 is 20.1 Å². The molecule has 6 nitrogen and oxygen atoms in total. The minimum Gasteiger partial charge on any atom is -0.494 e. The average molecular weight is 441 g/mol. The van der Waals surface area contributed by atoms with Crippen LogP contribution in [-0.4, -0.2) is 45.2 Å². The maximum absolute atomic E-state index is 12.0. The van der Waals surface area contributed by atoms with Crippen LogP contribution in [0.5, 0.6) is 5.75 Å². The number of rotatable bonds is 15. The zero-order chi connectivity index (χ0) is 23.0. The van der Waals surface area contributed by atoms with Crippen LogP contribution in [0.2, 0.25) is 0 Å². The predicted octanol–water partition coefficient (Wildman–Crippen LogP) is 3.60. The average Bonchev–Trinajstić information content (AvgIpc) is 2.80. The third kappa shape index (κ3) is 11.0. The molecule has 0 aliphatic rings. The molecule has 2 rings (SSSR count). The van der Waals surface area contributed by atoms with Crippen molar-refractivity contribution < 1.29 is 19.1 Å². The van der Waals surface area contributed by atoms with E-state index < -0.39 is 0 Å². The lowest BCUT2D eigenvalue weighted by atomic mass is 10.1. The first-order chi connectivity index (χ1) is 15.6. The summed E-state index contributed by atoms with van der Waals surface area (Å²) < 4.78 is 11.0. The van der Waals surface area contributed by atoms with E-state index in [0.29, 0.717) is 26.2 Å². The molecule has 0 spiro atoms. The molecule has 2 N–H and O–H groups in total. The lowest BCUT2D eigenvalue weighted by molar-refractivity contribution is -0.125. The highest BCUT2D eigenvalue weighted by atomic mass is 16.5. The minimum absolute atomic E-state index is 0.0914. The molecule has 0 saturated heterocycles. The quantitative estimate of drug-likeness (QED) is 0.415. The van der Waals surface area contributed by atoms with Crippen LogP contribution < -0.4 is 15.4 Å². The van der Waals surface area contributed by atoms with Crippen molar-refractivity contribution in [1.29, 1.82) is 0 Å². The highest BCUT2D eigenvalue weighted by molar-refractivity contribution is 5.76. The minimum atomic E-state index is -0.103. The molecule has 0 fully saturated rings. The van der Waals surface area contributed by atoms with Crippen LogP contribution in [0.25, 0.3) is 0 Å². The second-order valence-electron chi connectivity index (χ2n) is 7.86. The van der Waals surface area contributed by atoms with Crippen LogP contribution in [0.3, 0.4) is 0 Å². The highest BCUT2D eigenvalue weighted by Crippen LogP contribution is 2.12. The van der Waals surface area contributed by atoms with Crippen LogP contribution in [0.15, 0.2) is 48.5 Å². The lowest BCUT2D eigenvalue weighted by Crippen LogP contribution is -2.25. The fraction of sp³-hybridized carbons (Fsp3) is 0.462. The third-order valence-corrected chi connectivity index (χ3v) is 5.11. The van der Waals surface area contributed by atoms with Gasteiger partial charge in [-0.05, 0) is 62.3 Å². The van der Waals surface area contributed by atoms with Crippen molar-refractivity contribution in [2.24, 2.45) is 0 Å². The van der Waals surface area contributed by atoms with Crippen molar-refractivity contribution >= 4 is 11.8 Å². The van der Waals surface area contributed by atoms with E-state index in [1.807, 2.05) is 24.3 Å². The van der Waals surface area contributed by atoms with Crippen LogP contribution in [0.1, 0.15) is 42.4 Å². The van der Waals surface area contributed by atoms with E-state index in [-0.39, 0.29) is 18.4 Å².